The number of primary amides is 1. The molecule has 19 heavy (non-hydrogen) atoms. The van der Waals surface area contributed by atoms with E-state index >= 15 is 0 Å². The lowest BCUT2D eigenvalue weighted by Gasteiger charge is -2.05. The standard InChI is InChI=1S/C13H11N5O/c1-18-7-17-9-3-2-8(6-10(9)18)11-12(13(14)19)16-5-4-15-11/h2-7H,1H3,(H2,14,19). The highest BCUT2D eigenvalue weighted by Gasteiger charge is 2.13. The van der Waals surface area contributed by atoms with Crippen LogP contribution in [0.5, 0.6) is 0 Å². The Morgan fingerprint density at radius 3 is 2.79 bits per heavy atom. The zero-order chi connectivity index (χ0) is 13.4. The van der Waals surface area contributed by atoms with Gasteiger partial charge >= 0.3 is 0 Å². The number of carbonyl (C=O) groups excluding carboxylic acids is 1. The summed E-state index contributed by atoms with van der Waals surface area (Å²) in [6, 6.07) is 5.65. The topological polar surface area (TPSA) is 86.7 Å². The normalized spacial score (nSPS) is 10.8. The van der Waals surface area contributed by atoms with Crippen molar-refractivity contribution in [3.05, 3.63) is 42.6 Å². The number of nitrogens with two attached hydrogens (primary N) is 1. The van der Waals surface area contributed by atoms with Crippen molar-refractivity contribution in [1.82, 2.24) is 19.5 Å². The van der Waals surface area contributed by atoms with Gasteiger partial charge in [-0.3, -0.25) is 9.78 Å². The number of hydrogen-bond acceptors (Lipinski definition) is 4. The molecule has 0 aliphatic heterocycles. The summed E-state index contributed by atoms with van der Waals surface area (Å²) in [6.45, 7) is 0. The second-order valence-corrected chi connectivity index (χ2v) is 4.18. The fourth-order valence-corrected chi connectivity index (χ4v) is 2.00. The lowest BCUT2D eigenvalue weighted by atomic mass is 10.1. The summed E-state index contributed by atoms with van der Waals surface area (Å²) in [7, 11) is 1.91. The predicted octanol–water partition coefficient (Wildman–Crippen LogP) is 1.13. The van der Waals surface area contributed by atoms with E-state index in [2.05, 4.69) is 15.0 Å². The number of aromatic nitrogens is 4. The molecule has 2 heterocycles. The van der Waals surface area contributed by atoms with Crippen molar-refractivity contribution < 1.29 is 4.79 Å². The van der Waals surface area contributed by atoms with Crippen LogP contribution in [0.1, 0.15) is 10.5 Å². The fraction of sp³-hybridized carbons (Fsp3) is 0.0769. The monoisotopic (exact) mass is 253 g/mol. The maximum absolute atomic E-state index is 11.4. The van der Waals surface area contributed by atoms with E-state index in [1.165, 1.54) is 12.4 Å². The third kappa shape index (κ3) is 1.83. The Hall–Kier alpha value is -2.76. The minimum Gasteiger partial charge on any atom is -0.364 e. The molecule has 6 heteroatoms. The van der Waals surface area contributed by atoms with E-state index in [1.807, 2.05) is 29.8 Å². The van der Waals surface area contributed by atoms with Crippen molar-refractivity contribution in [2.24, 2.45) is 12.8 Å². The highest BCUT2D eigenvalue weighted by Crippen LogP contribution is 2.23. The third-order valence-corrected chi connectivity index (χ3v) is 2.93. The van der Waals surface area contributed by atoms with Crippen LogP contribution in [-0.4, -0.2) is 25.4 Å². The number of fused-ring (bicyclic) bond motifs is 1. The Kier molecular flexibility index (Phi) is 2.49. The minimum atomic E-state index is -0.590. The number of imidazole rings is 1. The van der Waals surface area contributed by atoms with Crippen molar-refractivity contribution in [3.63, 3.8) is 0 Å². The molecule has 0 fully saturated rings. The largest absolute Gasteiger partial charge is 0.364 e. The van der Waals surface area contributed by atoms with Gasteiger partial charge in [0.05, 0.1) is 17.4 Å². The molecular weight excluding hydrogens is 242 g/mol. The third-order valence-electron chi connectivity index (χ3n) is 2.93. The van der Waals surface area contributed by atoms with E-state index in [1.54, 1.807) is 6.33 Å². The quantitative estimate of drug-likeness (QED) is 0.741. The molecule has 0 unspecified atom stereocenters. The fourth-order valence-electron chi connectivity index (χ4n) is 2.00. The Morgan fingerprint density at radius 1 is 1.21 bits per heavy atom. The van der Waals surface area contributed by atoms with Crippen LogP contribution < -0.4 is 5.73 Å². The SMILES string of the molecule is Cn1cnc2ccc(-c3nccnc3C(N)=O)cc21. The van der Waals surface area contributed by atoms with E-state index in [0.717, 1.165) is 16.6 Å². The summed E-state index contributed by atoms with van der Waals surface area (Å²) in [5, 5.41) is 0. The minimum absolute atomic E-state index is 0.170. The molecule has 0 spiro atoms. The summed E-state index contributed by atoms with van der Waals surface area (Å²) < 4.78 is 1.90. The van der Waals surface area contributed by atoms with Crippen molar-refractivity contribution in [2.45, 2.75) is 0 Å². The summed E-state index contributed by atoms with van der Waals surface area (Å²) in [6.07, 6.45) is 4.72. The van der Waals surface area contributed by atoms with Gasteiger partial charge in [-0.15, -0.1) is 0 Å². The lowest BCUT2D eigenvalue weighted by Crippen LogP contribution is -2.15. The molecule has 2 N–H and O–H groups in total. The highest BCUT2D eigenvalue weighted by molar-refractivity contribution is 5.97. The number of carbonyl (C=O) groups is 1. The van der Waals surface area contributed by atoms with Crippen LogP contribution in [0.15, 0.2) is 36.9 Å². The Labute approximate surface area is 108 Å². The van der Waals surface area contributed by atoms with E-state index in [-0.39, 0.29) is 5.69 Å². The molecular formula is C13H11N5O. The van der Waals surface area contributed by atoms with Gasteiger partial charge in [0.25, 0.3) is 5.91 Å². The van der Waals surface area contributed by atoms with Gasteiger partial charge in [-0.2, -0.15) is 0 Å². The molecule has 1 aromatic carbocycles. The molecule has 0 saturated heterocycles. The first-order valence-electron chi connectivity index (χ1n) is 5.69. The van der Waals surface area contributed by atoms with Gasteiger partial charge in [0.1, 0.15) is 5.69 Å². The molecule has 6 nitrogen and oxygen atoms in total. The maximum Gasteiger partial charge on any atom is 0.269 e. The van der Waals surface area contributed by atoms with Crippen LogP contribution in [0.2, 0.25) is 0 Å². The maximum atomic E-state index is 11.4. The first kappa shape index (κ1) is 11.3. The van der Waals surface area contributed by atoms with Crippen molar-refractivity contribution in [1.29, 1.82) is 0 Å². The van der Waals surface area contributed by atoms with Crippen LogP contribution in [0.3, 0.4) is 0 Å². The Balaban J connectivity index is 2.24. The molecule has 3 aromatic rings. The van der Waals surface area contributed by atoms with Crippen molar-refractivity contribution in [2.75, 3.05) is 0 Å². The van der Waals surface area contributed by atoms with Crippen molar-refractivity contribution >= 4 is 16.9 Å². The summed E-state index contributed by atoms with van der Waals surface area (Å²) in [5.74, 6) is -0.590. The molecule has 0 radical (unpaired) electrons. The van der Waals surface area contributed by atoms with Gasteiger partial charge < -0.3 is 10.3 Å². The van der Waals surface area contributed by atoms with Gasteiger partial charge in [0.15, 0.2) is 5.69 Å². The molecule has 0 aliphatic rings. The number of rotatable bonds is 2. The molecule has 0 bridgehead atoms. The smallest absolute Gasteiger partial charge is 0.269 e. The summed E-state index contributed by atoms with van der Waals surface area (Å²) in [5.41, 5.74) is 8.60. The van der Waals surface area contributed by atoms with Crippen LogP contribution in [-0.2, 0) is 7.05 Å². The van der Waals surface area contributed by atoms with E-state index < -0.39 is 5.91 Å². The Morgan fingerprint density at radius 2 is 2.00 bits per heavy atom. The van der Waals surface area contributed by atoms with E-state index in [0.29, 0.717) is 5.69 Å². The highest BCUT2D eigenvalue weighted by atomic mass is 16.1. The summed E-state index contributed by atoms with van der Waals surface area (Å²) >= 11 is 0. The number of nitrogens with zero attached hydrogens (tertiary/aromatic N) is 4. The van der Waals surface area contributed by atoms with Crippen molar-refractivity contribution in [3.8, 4) is 11.3 Å². The average Bonchev–Trinajstić information content (AvgIpc) is 2.80. The van der Waals surface area contributed by atoms with Gasteiger partial charge in [-0.25, -0.2) is 9.97 Å². The molecule has 3 rings (SSSR count). The molecule has 2 aromatic heterocycles. The zero-order valence-corrected chi connectivity index (χ0v) is 10.2. The zero-order valence-electron chi connectivity index (χ0n) is 10.2. The lowest BCUT2D eigenvalue weighted by molar-refractivity contribution is 0.0996. The first-order valence-corrected chi connectivity index (χ1v) is 5.69. The second-order valence-electron chi connectivity index (χ2n) is 4.18. The number of benzene rings is 1. The van der Waals surface area contributed by atoms with Crippen LogP contribution in [0.25, 0.3) is 22.3 Å². The second kappa shape index (κ2) is 4.16. The van der Waals surface area contributed by atoms with Gasteiger partial charge in [0, 0.05) is 25.0 Å². The molecule has 0 saturated carbocycles. The van der Waals surface area contributed by atoms with Crippen LogP contribution in [0, 0.1) is 0 Å². The van der Waals surface area contributed by atoms with E-state index in [4.69, 9.17) is 5.73 Å². The Bertz CT molecular complexity index is 778. The molecule has 0 aliphatic carbocycles. The number of amides is 1. The molecule has 94 valence electrons. The average molecular weight is 253 g/mol. The van der Waals surface area contributed by atoms with E-state index in [9.17, 15) is 4.79 Å². The van der Waals surface area contributed by atoms with Gasteiger partial charge in [0.2, 0.25) is 0 Å². The van der Waals surface area contributed by atoms with Gasteiger partial charge in [-0.05, 0) is 12.1 Å². The van der Waals surface area contributed by atoms with Gasteiger partial charge in [-0.1, -0.05) is 6.07 Å². The predicted molar refractivity (Wildman–Crippen MR) is 70.3 cm³/mol. The van der Waals surface area contributed by atoms with Crippen LogP contribution >= 0.6 is 0 Å². The molecule has 0 atom stereocenters. The number of aryl methyl sites for hydroxylation is 1. The number of hydrogen-bond donors (Lipinski definition) is 1. The molecule has 1 amide bonds. The first-order chi connectivity index (χ1) is 9.16. The summed E-state index contributed by atoms with van der Waals surface area (Å²) in [4.78, 5) is 23.8. The van der Waals surface area contributed by atoms with Crippen LogP contribution in [0.4, 0.5) is 0 Å².